The summed E-state index contributed by atoms with van der Waals surface area (Å²) < 4.78 is 10.8. The van der Waals surface area contributed by atoms with E-state index in [1.165, 1.54) is 19.2 Å². The lowest BCUT2D eigenvalue weighted by atomic mass is 10.1. The van der Waals surface area contributed by atoms with Crippen molar-refractivity contribution in [2.24, 2.45) is 0 Å². The van der Waals surface area contributed by atoms with E-state index < -0.39 is 0 Å². The maximum Gasteiger partial charge on any atom is 0.140 e. The normalized spacial score (nSPS) is 8.91. The summed E-state index contributed by atoms with van der Waals surface area (Å²) in [5.74, 6) is 0.458. The summed E-state index contributed by atoms with van der Waals surface area (Å²) >= 11 is 0. The Hall–Kier alpha value is -3.48. The molecule has 1 rings (SSSR count). The molecule has 0 bridgehead atoms. The van der Waals surface area contributed by atoms with E-state index in [2.05, 4.69) is 0 Å². The minimum atomic E-state index is -0.216. The van der Waals surface area contributed by atoms with Gasteiger partial charge in [-0.3, -0.25) is 0 Å². The third-order valence-electron chi connectivity index (χ3n) is 2.65. The molecule has 0 heterocycles. The maximum atomic E-state index is 9.06. The highest BCUT2D eigenvalue weighted by atomic mass is 16.5. The number of hydrogen-bond acceptors (Lipinski definition) is 6. The maximum absolute atomic E-state index is 9.06. The highest BCUT2D eigenvalue weighted by Gasteiger charge is 2.11. The van der Waals surface area contributed by atoms with E-state index in [1.807, 2.05) is 0 Å². The van der Waals surface area contributed by atoms with Crippen LogP contribution in [0.5, 0.6) is 11.5 Å². The fourth-order valence-corrected chi connectivity index (χ4v) is 1.76. The largest absolute Gasteiger partial charge is 0.496 e. The molecule has 0 unspecified atom stereocenters. The Kier molecular flexibility index (Phi) is 5.53. The van der Waals surface area contributed by atoms with E-state index in [4.69, 9.17) is 30.5 Å². The van der Waals surface area contributed by atoms with Crippen molar-refractivity contribution >= 4 is 11.1 Å². The van der Waals surface area contributed by atoms with Gasteiger partial charge in [0.1, 0.15) is 46.9 Å². The molecule has 0 aromatic heterocycles. The van der Waals surface area contributed by atoms with Crippen molar-refractivity contribution in [1.29, 1.82) is 21.0 Å². The van der Waals surface area contributed by atoms with Gasteiger partial charge in [0, 0.05) is 10.4 Å². The van der Waals surface area contributed by atoms with Gasteiger partial charge < -0.3 is 9.47 Å². The van der Waals surface area contributed by atoms with Crippen LogP contribution in [-0.4, -0.2) is 13.2 Å². The number of methoxy groups -OCH3 is 1. The first-order chi connectivity index (χ1) is 10.5. The van der Waals surface area contributed by atoms with Gasteiger partial charge in [-0.2, -0.15) is 21.0 Å². The molecular weight excluding hydrogens is 280 g/mol. The lowest BCUT2D eigenvalue weighted by molar-refractivity contribution is 0.239. The topological polar surface area (TPSA) is 114 Å². The first kappa shape index (κ1) is 16.6. The molecule has 0 fully saturated rings. The van der Waals surface area contributed by atoms with Gasteiger partial charge in [-0.15, -0.1) is 0 Å². The van der Waals surface area contributed by atoms with Crippen LogP contribution in [0.3, 0.4) is 0 Å². The number of nitrogens with zero attached hydrogens (tertiary/aromatic N) is 4. The quantitative estimate of drug-likeness (QED) is 0.816. The molecule has 0 aliphatic carbocycles. The summed E-state index contributed by atoms with van der Waals surface area (Å²) in [5, 5.41) is 36.7. The summed E-state index contributed by atoms with van der Waals surface area (Å²) in [4.78, 5) is 0. The average molecular weight is 292 g/mol. The van der Waals surface area contributed by atoms with Crippen LogP contribution in [0.4, 0.5) is 0 Å². The Bertz CT molecular complexity index is 839. The van der Waals surface area contributed by atoms with Crippen LogP contribution < -0.4 is 19.9 Å². The van der Waals surface area contributed by atoms with Gasteiger partial charge >= 0.3 is 0 Å². The van der Waals surface area contributed by atoms with Crippen molar-refractivity contribution in [1.82, 2.24) is 0 Å². The predicted octanol–water partition coefficient (Wildman–Crippen LogP) is 0.878. The van der Waals surface area contributed by atoms with Crippen molar-refractivity contribution < 1.29 is 9.47 Å². The second-order valence-corrected chi connectivity index (χ2v) is 4.41. The number of ether oxygens (including phenoxy) is 2. The van der Waals surface area contributed by atoms with E-state index in [1.54, 1.807) is 38.1 Å². The lowest BCUT2D eigenvalue weighted by Crippen LogP contribution is -2.21. The molecule has 22 heavy (non-hydrogen) atoms. The molecule has 0 atom stereocenters. The molecule has 1 aromatic carbocycles. The fourth-order valence-electron chi connectivity index (χ4n) is 1.76. The highest BCUT2D eigenvalue weighted by molar-refractivity contribution is 5.77. The molecule has 0 saturated heterocycles. The van der Waals surface area contributed by atoms with Crippen LogP contribution in [-0.2, 0) is 0 Å². The summed E-state index contributed by atoms with van der Waals surface area (Å²) in [5.41, 5.74) is -0.288. The zero-order valence-corrected chi connectivity index (χ0v) is 12.3. The second-order valence-electron chi connectivity index (χ2n) is 4.41. The van der Waals surface area contributed by atoms with Crippen molar-refractivity contribution in [2.45, 2.75) is 20.0 Å². The van der Waals surface area contributed by atoms with Crippen LogP contribution in [0.2, 0.25) is 0 Å². The van der Waals surface area contributed by atoms with Gasteiger partial charge in [-0.25, -0.2) is 0 Å². The number of rotatable bonds is 3. The Balaban J connectivity index is 4.04. The zero-order chi connectivity index (χ0) is 16.7. The molecule has 0 aliphatic heterocycles. The van der Waals surface area contributed by atoms with Crippen LogP contribution in [0, 0.1) is 45.3 Å². The summed E-state index contributed by atoms with van der Waals surface area (Å²) in [6.07, 6.45) is -0.216. The van der Waals surface area contributed by atoms with E-state index in [9.17, 15) is 0 Å². The minimum absolute atomic E-state index is 0.143. The smallest absolute Gasteiger partial charge is 0.140 e. The Morgan fingerprint density at radius 1 is 0.864 bits per heavy atom. The summed E-state index contributed by atoms with van der Waals surface area (Å²) in [7, 11) is 1.37. The fraction of sp³-hybridized carbons (Fsp3) is 0.250. The van der Waals surface area contributed by atoms with Gasteiger partial charge in [-0.05, 0) is 26.0 Å². The number of hydrogen-bond donors (Lipinski definition) is 0. The van der Waals surface area contributed by atoms with Crippen molar-refractivity contribution in [3.8, 4) is 35.8 Å². The molecule has 6 nitrogen and oxygen atoms in total. The summed E-state index contributed by atoms with van der Waals surface area (Å²) in [6.45, 7) is 3.57. The van der Waals surface area contributed by atoms with Crippen LogP contribution >= 0.6 is 0 Å². The molecule has 0 radical (unpaired) electrons. The third-order valence-corrected chi connectivity index (χ3v) is 2.65. The molecule has 0 aliphatic rings. The van der Waals surface area contributed by atoms with Gasteiger partial charge in [0.25, 0.3) is 0 Å². The van der Waals surface area contributed by atoms with Crippen LogP contribution in [0.1, 0.15) is 13.8 Å². The van der Waals surface area contributed by atoms with Crippen molar-refractivity contribution in [2.75, 3.05) is 7.11 Å². The third kappa shape index (κ3) is 3.34. The minimum Gasteiger partial charge on any atom is -0.496 e. The molecule has 0 spiro atoms. The molecule has 0 N–H and O–H groups in total. The van der Waals surface area contributed by atoms with Crippen LogP contribution in [0.25, 0.3) is 11.1 Å². The average Bonchev–Trinajstić information content (AvgIpc) is 2.50. The van der Waals surface area contributed by atoms with Crippen LogP contribution in [0.15, 0.2) is 12.1 Å². The Morgan fingerprint density at radius 3 is 1.64 bits per heavy atom. The molecule has 6 heteroatoms. The monoisotopic (exact) mass is 292 g/mol. The first-order valence-corrected chi connectivity index (χ1v) is 6.26. The van der Waals surface area contributed by atoms with Crippen molar-refractivity contribution in [3.63, 3.8) is 0 Å². The van der Waals surface area contributed by atoms with Gasteiger partial charge in [0.15, 0.2) is 0 Å². The SMILES string of the molecule is COc1cc(=C(C#N)C#N)c(OC(C)C)cc1=C(C#N)C#N. The van der Waals surface area contributed by atoms with Gasteiger partial charge in [-0.1, -0.05) is 0 Å². The lowest BCUT2D eigenvalue weighted by Gasteiger charge is -2.12. The number of nitriles is 4. The zero-order valence-electron chi connectivity index (χ0n) is 12.3. The first-order valence-electron chi connectivity index (χ1n) is 6.26. The molecule has 0 saturated carbocycles. The van der Waals surface area contributed by atoms with E-state index in [0.717, 1.165) is 0 Å². The molecular formula is C16H12N4O2. The van der Waals surface area contributed by atoms with E-state index in [-0.39, 0.29) is 39.2 Å². The number of benzene rings is 1. The predicted molar refractivity (Wildman–Crippen MR) is 77.3 cm³/mol. The van der Waals surface area contributed by atoms with Gasteiger partial charge in [0.2, 0.25) is 0 Å². The standard InChI is InChI=1S/C16H12N4O2/c1-10(2)22-16-5-13(11(6-17)7-18)15(21-3)4-14(16)12(8-19)9-20/h4-5,10H,1-3H3. The van der Waals surface area contributed by atoms with Crippen molar-refractivity contribution in [3.05, 3.63) is 22.6 Å². The van der Waals surface area contributed by atoms with E-state index >= 15 is 0 Å². The summed E-state index contributed by atoms with van der Waals surface area (Å²) in [6, 6.07) is 10.0. The second kappa shape index (κ2) is 7.34. The van der Waals surface area contributed by atoms with Gasteiger partial charge in [0.05, 0.1) is 13.2 Å². The molecule has 1 aromatic rings. The highest BCUT2D eigenvalue weighted by Crippen LogP contribution is 2.11. The molecule has 108 valence electrons. The van der Waals surface area contributed by atoms with E-state index in [0.29, 0.717) is 0 Å². The molecule has 0 amide bonds. The Labute approximate surface area is 127 Å². The Morgan fingerprint density at radius 2 is 1.27 bits per heavy atom.